The highest BCUT2D eigenvalue weighted by atomic mass is 16.6. The lowest BCUT2D eigenvalue weighted by Gasteiger charge is -2.25. The molecule has 0 saturated carbocycles. The van der Waals surface area contributed by atoms with Gasteiger partial charge in [-0.2, -0.15) is 0 Å². The second-order valence-electron chi connectivity index (χ2n) is 6.77. The van der Waals surface area contributed by atoms with E-state index in [1.165, 1.54) is 0 Å². The topological polar surface area (TPSA) is 85.1 Å². The van der Waals surface area contributed by atoms with Gasteiger partial charge in [-0.25, -0.2) is 9.59 Å². The normalized spacial score (nSPS) is 25.6. The SMILES string of the molecule is CC(C)(C)OC(=O)N1CCC2(C1)CN(CCCN)C(=O)O2. The maximum atomic E-state index is 12.1. The molecule has 2 rings (SSSR count). The van der Waals surface area contributed by atoms with Gasteiger partial charge in [0.1, 0.15) is 5.60 Å². The third-order valence-corrected chi connectivity index (χ3v) is 3.64. The largest absolute Gasteiger partial charge is 0.444 e. The Labute approximate surface area is 125 Å². The van der Waals surface area contributed by atoms with E-state index in [0.29, 0.717) is 39.1 Å². The van der Waals surface area contributed by atoms with E-state index in [0.717, 1.165) is 6.42 Å². The number of rotatable bonds is 3. The summed E-state index contributed by atoms with van der Waals surface area (Å²) in [5.74, 6) is 0. The third kappa shape index (κ3) is 3.78. The maximum Gasteiger partial charge on any atom is 0.410 e. The van der Waals surface area contributed by atoms with E-state index in [4.69, 9.17) is 15.2 Å². The monoisotopic (exact) mass is 299 g/mol. The van der Waals surface area contributed by atoms with Crippen LogP contribution in [0.4, 0.5) is 9.59 Å². The van der Waals surface area contributed by atoms with Crippen molar-refractivity contribution in [3.63, 3.8) is 0 Å². The Kier molecular flexibility index (Phi) is 4.32. The molecular formula is C14H25N3O4. The van der Waals surface area contributed by atoms with Crippen LogP contribution in [-0.2, 0) is 9.47 Å². The number of hydrogen-bond donors (Lipinski definition) is 1. The smallest absolute Gasteiger partial charge is 0.410 e. The Morgan fingerprint density at radius 1 is 1.43 bits per heavy atom. The molecule has 120 valence electrons. The highest BCUT2D eigenvalue weighted by Crippen LogP contribution is 2.33. The minimum Gasteiger partial charge on any atom is -0.444 e. The molecule has 2 N–H and O–H groups in total. The van der Waals surface area contributed by atoms with Crippen LogP contribution < -0.4 is 5.73 Å². The zero-order chi connectivity index (χ0) is 15.7. The summed E-state index contributed by atoms with van der Waals surface area (Å²) in [7, 11) is 0. The number of nitrogens with two attached hydrogens (primary N) is 1. The average molecular weight is 299 g/mol. The van der Waals surface area contributed by atoms with Crippen molar-refractivity contribution < 1.29 is 19.1 Å². The molecule has 1 spiro atoms. The fraction of sp³-hybridized carbons (Fsp3) is 0.857. The number of amides is 2. The van der Waals surface area contributed by atoms with E-state index >= 15 is 0 Å². The van der Waals surface area contributed by atoms with Crippen molar-refractivity contribution in [2.75, 3.05) is 32.7 Å². The van der Waals surface area contributed by atoms with Gasteiger partial charge in [0.15, 0.2) is 5.60 Å². The molecular weight excluding hydrogens is 274 g/mol. The fourth-order valence-electron chi connectivity index (χ4n) is 2.69. The van der Waals surface area contributed by atoms with Gasteiger partial charge < -0.3 is 25.0 Å². The van der Waals surface area contributed by atoms with Crippen LogP contribution in [0.15, 0.2) is 0 Å². The summed E-state index contributed by atoms with van der Waals surface area (Å²) in [5, 5.41) is 0. The zero-order valence-corrected chi connectivity index (χ0v) is 13.1. The second-order valence-corrected chi connectivity index (χ2v) is 6.77. The van der Waals surface area contributed by atoms with Crippen molar-refractivity contribution in [3.05, 3.63) is 0 Å². The summed E-state index contributed by atoms with van der Waals surface area (Å²) >= 11 is 0. The highest BCUT2D eigenvalue weighted by Gasteiger charge is 2.50. The molecule has 0 radical (unpaired) electrons. The van der Waals surface area contributed by atoms with E-state index in [-0.39, 0.29) is 12.2 Å². The number of carbonyl (C=O) groups is 2. The van der Waals surface area contributed by atoms with Gasteiger partial charge in [-0.1, -0.05) is 0 Å². The Morgan fingerprint density at radius 3 is 2.76 bits per heavy atom. The molecule has 2 amide bonds. The van der Waals surface area contributed by atoms with E-state index in [1.54, 1.807) is 9.80 Å². The Morgan fingerprint density at radius 2 is 2.14 bits per heavy atom. The van der Waals surface area contributed by atoms with Gasteiger partial charge in [-0.05, 0) is 33.7 Å². The first-order chi connectivity index (χ1) is 9.75. The average Bonchev–Trinajstić information content (AvgIpc) is 2.89. The molecule has 2 saturated heterocycles. The zero-order valence-electron chi connectivity index (χ0n) is 13.1. The molecule has 7 nitrogen and oxygen atoms in total. The van der Waals surface area contributed by atoms with Crippen LogP contribution >= 0.6 is 0 Å². The second kappa shape index (κ2) is 5.71. The third-order valence-electron chi connectivity index (χ3n) is 3.64. The van der Waals surface area contributed by atoms with Crippen molar-refractivity contribution in [3.8, 4) is 0 Å². The lowest BCUT2D eigenvalue weighted by Crippen LogP contribution is -2.41. The first-order valence-corrected chi connectivity index (χ1v) is 7.41. The molecule has 2 fully saturated rings. The Hall–Kier alpha value is -1.50. The standard InChI is InChI=1S/C14H25N3O4/c1-13(2,3)20-11(18)17-8-5-14(10-17)9-16(7-4-6-15)12(19)21-14/h4-10,15H2,1-3H3. The summed E-state index contributed by atoms with van der Waals surface area (Å²) in [4.78, 5) is 27.2. The minimum absolute atomic E-state index is 0.311. The lowest BCUT2D eigenvalue weighted by molar-refractivity contribution is 0.0200. The molecule has 0 aliphatic carbocycles. The van der Waals surface area contributed by atoms with Crippen molar-refractivity contribution in [1.29, 1.82) is 0 Å². The fourth-order valence-corrected chi connectivity index (χ4v) is 2.69. The van der Waals surface area contributed by atoms with Gasteiger partial charge in [0.05, 0.1) is 13.1 Å². The van der Waals surface area contributed by atoms with Crippen LogP contribution in [0.1, 0.15) is 33.6 Å². The number of hydrogen-bond acceptors (Lipinski definition) is 5. The predicted octanol–water partition coefficient (Wildman–Crippen LogP) is 1.17. The number of nitrogens with zero attached hydrogens (tertiary/aromatic N) is 2. The molecule has 2 aliphatic heterocycles. The van der Waals surface area contributed by atoms with Crippen LogP contribution in [0.25, 0.3) is 0 Å². The summed E-state index contributed by atoms with van der Waals surface area (Å²) in [6, 6.07) is 0. The summed E-state index contributed by atoms with van der Waals surface area (Å²) in [6.45, 7) is 8.11. The summed E-state index contributed by atoms with van der Waals surface area (Å²) < 4.78 is 10.9. The molecule has 2 aliphatic rings. The Balaban J connectivity index is 1.93. The molecule has 0 aromatic heterocycles. The van der Waals surface area contributed by atoms with Crippen molar-refractivity contribution in [1.82, 2.24) is 9.80 Å². The molecule has 1 unspecified atom stereocenters. The molecule has 0 bridgehead atoms. The molecule has 0 aromatic rings. The van der Waals surface area contributed by atoms with E-state index in [1.807, 2.05) is 20.8 Å². The van der Waals surface area contributed by atoms with Crippen LogP contribution in [0, 0.1) is 0 Å². The van der Waals surface area contributed by atoms with Crippen molar-refractivity contribution >= 4 is 12.2 Å². The van der Waals surface area contributed by atoms with Crippen LogP contribution in [0.3, 0.4) is 0 Å². The maximum absolute atomic E-state index is 12.1. The number of ether oxygens (including phenoxy) is 2. The van der Waals surface area contributed by atoms with Crippen molar-refractivity contribution in [2.45, 2.75) is 44.8 Å². The van der Waals surface area contributed by atoms with Crippen LogP contribution in [-0.4, -0.2) is 65.9 Å². The molecule has 1 atom stereocenters. The van der Waals surface area contributed by atoms with Crippen LogP contribution in [0.2, 0.25) is 0 Å². The Bertz CT molecular complexity index is 421. The summed E-state index contributed by atoms with van der Waals surface area (Å²) in [6.07, 6.45) is 0.739. The van der Waals surface area contributed by atoms with Gasteiger partial charge in [0.25, 0.3) is 0 Å². The minimum atomic E-state index is -0.581. The van der Waals surface area contributed by atoms with Crippen molar-refractivity contribution in [2.24, 2.45) is 5.73 Å². The van der Waals surface area contributed by atoms with Crippen LogP contribution in [0.5, 0.6) is 0 Å². The molecule has 2 heterocycles. The summed E-state index contributed by atoms with van der Waals surface area (Å²) in [5.41, 5.74) is 4.37. The first-order valence-electron chi connectivity index (χ1n) is 7.41. The first kappa shape index (κ1) is 15.9. The van der Waals surface area contributed by atoms with E-state index < -0.39 is 11.2 Å². The van der Waals surface area contributed by atoms with Gasteiger partial charge in [0, 0.05) is 19.5 Å². The quantitative estimate of drug-likeness (QED) is 0.845. The van der Waals surface area contributed by atoms with E-state index in [2.05, 4.69) is 0 Å². The van der Waals surface area contributed by atoms with Gasteiger partial charge in [0.2, 0.25) is 0 Å². The van der Waals surface area contributed by atoms with Gasteiger partial charge >= 0.3 is 12.2 Å². The molecule has 0 aromatic carbocycles. The predicted molar refractivity (Wildman–Crippen MR) is 76.9 cm³/mol. The number of carbonyl (C=O) groups excluding carboxylic acids is 2. The molecule has 7 heteroatoms. The van der Waals surface area contributed by atoms with E-state index in [9.17, 15) is 9.59 Å². The van der Waals surface area contributed by atoms with Gasteiger partial charge in [-0.15, -0.1) is 0 Å². The van der Waals surface area contributed by atoms with Gasteiger partial charge in [-0.3, -0.25) is 0 Å². The molecule has 21 heavy (non-hydrogen) atoms. The number of likely N-dealkylation sites (tertiary alicyclic amines) is 1. The lowest BCUT2D eigenvalue weighted by atomic mass is 10.0. The highest BCUT2D eigenvalue weighted by molar-refractivity contribution is 5.72.